The minimum Gasteiger partial charge on any atom is -0.459 e. The van der Waals surface area contributed by atoms with Crippen molar-refractivity contribution in [2.75, 3.05) is 0 Å². The average molecular weight is 466 g/mol. The van der Waals surface area contributed by atoms with Gasteiger partial charge >= 0.3 is 12.2 Å². The zero-order valence-electron chi connectivity index (χ0n) is 16.5. The SMILES string of the molecule is O=C1N[C@H](c2ccc(-c3cccc(F)c3)o2)[C@@H](C(=O)c2ccc(F)cc2)[C@](O)(C(F)(F)F)N1. The molecule has 0 saturated carbocycles. The fourth-order valence-electron chi connectivity index (χ4n) is 3.69. The van der Waals surface area contributed by atoms with Crippen molar-refractivity contribution in [1.29, 1.82) is 0 Å². The van der Waals surface area contributed by atoms with Gasteiger partial charge in [0.25, 0.3) is 0 Å². The highest BCUT2D eigenvalue weighted by atomic mass is 19.4. The van der Waals surface area contributed by atoms with E-state index < -0.39 is 47.3 Å². The van der Waals surface area contributed by atoms with Crippen LogP contribution in [0.1, 0.15) is 22.2 Å². The van der Waals surface area contributed by atoms with Crippen LogP contribution >= 0.6 is 0 Å². The smallest absolute Gasteiger partial charge is 0.437 e. The van der Waals surface area contributed by atoms with Crippen molar-refractivity contribution in [3.63, 3.8) is 0 Å². The van der Waals surface area contributed by atoms with Crippen LogP contribution in [0.4, 0.5) is 26.7 Å². The molecule has 11 heteroatoms. The molecule has 6 nitrogen and oxygen atoms in total. The van der Waals surface area contributed by atoms with E-state index in [9.17, 15) is 36.6 Å². The third-order valence-corrected chi connectivity index (χ3v) is 5.26. The Balaban J connectivity index is 1.81. The van der Waals surface area contributed by atoms with Gasteiger partial charge in [-0.1, -0.05) is 12.1 Å². The maximum Gasteiger partial charge on any atom is 0.437 e. The Labute approximate surface area is 183 Å². The largest absolute Gasteiger partial charge is 0.459 e. The summed E-state index contributed by atoms with van der Waals surface area (Å²) in [5.41, 5.74) is -4.03. The number of nitrogens with one attached hydrogen (secondary N) is 2. The zero-order valence-corrected chi connectivity index (χ0v) is 16.5. The van der Waals surface area contributed by atoms with E-state index in [1.807, 2.05) is 0 Å². The highest BCUT2D eigenvalue weighted by Gasteiger charge is 2.66. The molecule has 3 N–H and O–H groups in total. The summed E-state index contributed by atoms with van der Waals surface area (Å²) in [5, 5.41) is 14.1. The Morgan fingerprint density at radius 1 is 1.00 bits per heavy atom. The van der Waals surface area contributed by atoms with Gasteiger partial charge < -0.3 is 20.2 Å². The Bertz CT molecular complexity index is 1210. The number of carbonyl (C=O) groups is 2. The van der Waals surface area contributed by atoms with Crippen molar-refractivity contribution in [1.82, 2.24) is 10.6 Å². The average Bonchev–Trinajstić information content (AvgIpc) is 3.23. The lowest BCUT2D eigenvalue weighted by Gasteiger charge is -2.44. The molecule has 33 heavy (non-hydrogen) atoms. The van der Waals surface area contributed by atoms with Gasteiger partial charge in [0, 0.05) is 11.1 Å². The number of alkyl halides is 3. The van der Waals surface area contributed by atoms with Gasteiger partial charge in [-0.3, -0.25) is 4.79 Å². The molecule has 0 bridgehead atoms. The molecule has 0 spiro atoms. The first-order valence-electron chi connectivity index (χ1n) is 9.53. The molecule has 3 aromatic rings. The summed E-state index contributed by atoms with van der Waals surface area (Å²) in [6.45, 7) is 0. The first-order chi connectivity index (χ1) is 15.5. The van der Waals surface area contributed by atoms with Crippen LogP contribution in [0.2, 0.25) is 0 Å². The number of aliphatic hydroxyl groups is 1. The van der Waals surface area contributed by atoms with Crippen LogP contribution in [-0.2, 0) is 0 Å². The molecule has 0 unspecified atom stereocenters. The number of hydrogen-bond donors (Lipinski definition) is 3. The molecule has 1 aliphatic rings. The number of Topliss-reactive ketones (excluding diaryl/α,β-unsaturated/α-hetero) is 1. The molecule has 0 aliphatic carbocycles. The topological polar surface area (TPSA) is 91.6 Å². The van der Waals surface area contributed by atoms with E-state index in [2.05, 4.69) is 5.32 Å². The molecule has 2 aromatic carbocycles. The van der Waals surface area contributed by atoms with Crippen molar-refractivity contribution < 1.29 is 41.1 Å². The van der Waals surface area contributed by atoms with Crippen LogP contribution in [0.3, 0.4) is 0 Å². The van der Waals surface area contributed by atoms with Crippen LogP contribution in [-0.4, -0.2) is 28.8 Å². The van der Waals surface area contributed by atoms with Crippen LogP contribution in [0.5, 0.6) is 0 Å². The lowest BCUT2D eigenvalue weighted by atomic mass is 9.79. The molecule has 2 heterocycles. The number of ketones is 1. The number of hydrogen-bond acceptors (Lipinski definition) is 4. The summed E-state index contributed by atoms with van der Waals surface area (Å²) < 4.78 is 74.1. The van der Waals surface area contributed by atoms with Gasteiger partial charge in [0.2, 0.25) is 5.72 Å². The lowest BCUT2D eigenvalue weighted by molar-refractivity contribution is -0.288. The Kier molecular flexibility index (Phi) is 5.44. The number of carbonyl (C=O) groups excluding carboxylic acids is 2. The Morgan fingerprint density at radius 2 is 1.70 bits per heavy atom. The molecule has 0 radical (unpaired) electrons. The summed E-state index contributed by atoms with van der Waals surface area (Å²) in [6.07, 6.45) is -5.46. The fourth-order valence-corrected chi connectivity index (χ4v) is 3.69. The minimum absolute atomic E-state index is 0.0563. The number of benzene rings is 2. The van der Waals surface area contributed by atoms with E-state index >= 15 is 0 Å². The first-order valence-corrected chi connectivity index (χ1v) is 9.53. The van der Waals surface area contributed by atoms with Gasteiger partial charge in [-0.05, 0) is 48.5 Å². The second kappa shape index (κ2) is 8.00. The van der Waals surface area contributed by atoms with E-state index in [1.165, 1.54) is 35.6 Å². The molecule has 1 saturated heterocycles. The first kappa shape index (κ1) is 22.5. The minimum atomic E-state index is -5.46. The van der Waals surface area contributed by atoms with Gasteiger partial charge in [-0.25, -0.2) is 13.6 Å². The predicted molar refractivity (Wildman–Crippen MR) is 104 cm³/mol. The molecule has 1 aliphatic heterocycles. The standard InChI is InChI=1S/C22H15F5N2O4/c23-13-6-4-11(5-7-13)19(30)17-18(28-20(31)29-21(17,32)22(25,26)27)16-9-8-15(33-16)12-2-1-3-14(24)10-12/h1-10,17-18,32H,(H2,28,29,31)/t17-,18+,21-/m0/s1. The van der Waals surface area contributed by atoms with E-state index in [4.69, 9.17) is 4.42 Å². The molecule has 1 aromatic heterocycles. The maximum atomic E-state index is 13.9. The third-order valence-electron chi connectivity index (χ3n) is 5.26. The number of urea groups is 1. The van der Waals surface area contributed by atoms with Gasteiger partial charge in [0.15, 0.2) is 5.78 Å². The highest BCUT2D eigenvalue weighted by molar-refractivity contribution is 6.00. The summed E-state index contributed by atoms with van der Waals surface area (Å²) >= 11 is 0. The summed E-state index contributed by atoms with van der Waals surface area (Å²) in [7, 11) is 0. The van der Waals surface area contributed by atoms with E-state index in [1.54, 1.807) is 0 Å². The number of rotatable bonds is 4. The zero-order chi connectivity index (χ0) is 24.0. The predicted octanol–water partition coefficient (Wildman–Crippen LogP) is 4.33. The van der Waals surface area contributed by atoms with Crippen LogP contribution < -0.4 is 10.6 Å². The summed E-state index contributed by atoms with van der Waals surface area (Å²) in [5.74, 6) is -5.11. The second-order valence-corrected chi connectivity index (χ2v) is 7.40. The molecular formula is C22H15F5N2O4. The molecular weight excluding hydrogens is 451 g/mol. The molecule has 3 atom stereocenters. The molecule has 4 rings (SSSR count). The van der Waals surface area contributed by atoms with Crippen LogP contribution in [0.15, 0.2) is 65.1 Å². The van der Waals surface area contributed by atoms with Gasteiger partial charge in [-0.15, -0.1) is 0 Å². The van der Waals surface area contributed by atoms with Crippen molar-refractivity contribution in [3.05, 3.63) is 83.6 Å². The van der Waals surface area contributed by atoms with Gasteiger partial charge in [0.1, 0.15) is 35.1 Å². The maximum absolute atomic E-state index is 13.9. The van der Waals surface area contributed by atoms with Crippen molar-refractivity contribution >= 4 is 11.8 Å². The van der Waals surface area contributed by atoms with E-state index in [0.717, 1.165) is 30.3 Å². The molecule has 2 amide bonds. The van der Waals surface area contributed by atoms with Crippen molar-refractivity contribution in [3.8, 4) is 11.3 Å². The Hall–Kier alpha value is -3.73. The normalized spacial score (nSPS) is 23.0. The molecule has 172 valence electrons. The number of halogens is 5. The van der Waals surface area contributed by atoms with Gasteiger partial charge in [0.05, 0.1) is 0 Å². The molecule has 1 fully saturated rings. The third kappa shape index (κ3) is 4.07. The van der Waals surface area contributed by atoms with Crippen molar-refractivity contribution in [2.24, 2.45) is 5.92 Å². The van der Waals surface area contributed by atoms with Gasteiger partial charge in [-0.2, -0.15) is 13.2 Å². The lowest BCUT2D eigenvalue weighted by Crippen LogP contribution is -2.72. The monoisotopic (exact) mass is 466 g/mol. The Morgan fingerprint density at radius 3 is 2.33 bits per heavy atom. The fraction of sp³-hybridized carbons (Fsp3) is 0.182. The number of furan rings is 1. The summed E-state index contributed by atoms with van der Waals surface area (Å²) in [4.78, 5) is 25.2. The number of amides is 2. The van der Waals surface area contributed by atoms with E-state index in [0.29, 0.717) is 0 Å². The second-order valence-electron chi connectivity index (χ2n) is 7.40. The highest BCUT2D eigenvalue weighted by Crippen LogP contribution is 2.44. The van der Waals surface area contributed by atoms with Crippen LogP contribution in [0.25, 0.3) is 11.3 Å². The van der Waals surface area contributed by atoms with Crippen LogP contribution in [0, 0.1) is 17.6 Å². The summed E-state index contributed by atoms with van der Waals surface area (Å²) in [6, 6.07) is 8.22. The van der Waals surface area contributed by atoms with Crippen molar-refractivity contribution in [2.45, 2.75) is 17.9 Å². The van der Waals surface area contributed by atoms with E-state index in [-0.39, 0.29) is 22.6 Å². The quantitative estimate of drug-likeness (QED) is 0.394.